The van der Waals surface area contributed by atoms with Gasteiger partial charge in [0.2, 0.25) is 0 Å². The normalized spacial score (nSPS) is 17.2. The van der Waals surface area contributed by atoms with Crippen molar-refractivity contribution in [2.75, 3.05) is 13.7 Å². The van der Waals surface area contributed by atoms with E-state index in [2.05, 4.69) is 6.92 Å². The fourth-order valence-electron chi connectivity index (χ4n) is 4.77. The van der Waals surface area contributed by atoms with E-state index in [9.17, 15) is 14.7 Å². The summed E-state index contributed by atoms with van der Waals surface area (Å²) >= 11 is 0. The van der Waals surface area contributed by atoms with Gasteiger partial charge in [0, 0.05) is 12.1 Å². The lowest BCUT2D eigenvalue weighted by Gasteiger charge is -2.25. The Hall–Kier alpha value is -3.08. The number of aliphatic hydroxyl groups is 1. The molecule has 2 aromatic carbocycles. The van der Waals surface area contributed by atoms with Gasteiger partial charge in [-0.1, -0.05) is 95.0 Å². The molecule has 1 fully saturated rings. The average Bonchev–Trinajstić information content (AvgIpc) is 3.15. The van der Waals surface area contributed by atoms with Crippen LogP contribution >= 0.6 is 0 Å². The third-order valence-corrected chi connectivity index (χ3v) is 6.77. The van der Waals surface area contributed by atoms with Gasteiger partial charge in [0.25, 0.3) is 11.7 Å². The Kier molecular flexibility index (Phi) is 10.4. The van der Waals surface area contributed by atoms with Crippen molar-refractivity contribution in [2.45, 2.75) is 77.2 Å². The highest BCUT2D eigenvalue weighted by Gasteiger charge is 2.45. The number of carbonyl (C=O) groups is 2. The molecule has 0 aliphatic carbocycles. The van der Waals surface area contributed by atoms with E-state index in [1.807, 2.05) is 30.3 Å². The van der Waals surface area contributed by atoms with Gasteiger partial charge in [-0.3, -0.25) is 9.59 Å². The summed E-state index contributed by atoms with van der Waals surface area (Å²) in [5.41, 5.74) is 1.47. The number of ether oxygens (including phenoxy) is 1. The van der Waals surface area contributed by atoms with Crippen LogP contribution in [0.25, 0.3) is 5.76 Å². The molecule has 0 unspecified atom stereocenters. The van der Waals surface area contributed by atoms with E-state index in [0.29, 0.717) is 17.9 Å². The smallest absolute Gasteiger partial charge is 0.295 e. The second kappa shape index (κ2) is 13.7. The van der Waals surface area contributed by atoms with Crippen LogP contribution in [0.5, 0.6) is 5.75 Å². The number of unbranched alkanes of at least 4 members (excludes halogenated alkanes) is 9. The summed E-state index contributed by atoms with van der Waals surface area (Å²) in [6.07, 6.45) is 12.0. The van der Waals surface area contributed by atoms with Gasteiger partial charge in [-0.15, -0.1) is 0 Å². The second-order valence-corrected chi connectivity index (χ2v) is 9.31. The van der Waals surface area contributed by atoms with Crippen molar-refractivity contribution < 1.29 is 19.4 Å². The molecule has 0 radical (unpaired) electrons. The molecule has 1 heterocycles. The number of hydrogen-bond acceptors (Lipinski definition) is 4. The third-order valence-electron chi connectivity index (χ3n) is 6.77. The Morgan fingerprint density at radius 3 is 1.97 bits per heavy atom. The largest absolute Gasteiger partial charge is 0.507 e. The van der Waals surface area contributed by atoms with Crippen LogP contribution in [0.3, 0.4) is 0 Å². The van der Waals surface area contributed by atoms with Crippen LogP contribution in [0.2, 0.25) is 0 Å². The maximum atomic E-state index is 13.1. The lowest BCUT2D eigenvalue weighted by atomic mass is 9.95. The minimum atomic E-state index is -0.626. The van der Waals surface area contributed by atoms with Gasteiger partial charge in [0.15, 0.2) is 0 Å². The fourth-order valence-corrected chi connectivity index (χ4v) is 4.77. The van der Waals surface area contributed by atoms with Crippen LogP contribution in [0.15, 0.2) is 60.2 Å². The van der Waals surface area contributed by atoms with Crippen molar-refractivity contribution in [2.24, 2.45) is 0 Å². The zero-order valence-electron chi connectivity index (χ0n) is 21.2. The Bertz CT molecular complexity index is 981. The van der Waals surface area contributed by atoms with E-state index >= 15 is 0 Å². The summed E-state index contributed by atoms with van der Waals surface area (Å²) in [6, 6.07) is 15.8. The fraction of sp³-hybridized carbons (Fsp3) is 0.467. The quantitative estimate of drug-likeness (QED) is 0.137. The van der Waals surface area contributed by atoms with E-state index in [1.165, 1.54) is 44.9 Å². The van der Waals surface area contributed by atoms with E-state index in [0.717, 1.165) is 24.8 Å². The molecule has 5 heteroatoms. The van der Waals surface area contributed by atoms with Gasteiger partial charge >= 0.3 is 0 Å². The number of rotatable bonds is 14. The molecule has 188 valence electrons. The molecule has 1 N–H and O–H groups in total. The zero-order valence-corrected chi connectivity index (χ0v) is 21.2. The van der Waals surface area contributed by atoms with Gasteiger partial charge in [-0.25, -0.2) is 0 Å². The Labute approximate surface area is 209 Å². The summed E-state index contributed by atoms with van der Waals surface area (Å²) in [6.45, 7) is 2.74. The van der Waals surface area contributed by atoms with E-state index < -0.39 is 17.7 Å². The Morgan fingerprint density at radius 1 is 0.829 bits per heavy atom. The van der Waals surface area contributed by atoms with Gasteiger partial charge in [0.1, 0.15) is 11.5 Å². The highest BCUT2D eigenvalue weighted by Crippen LogP contribution is 2.39. The van der Waals surface area contributed by atoms with Crippen molar-refractivity contribution >= 4 is 17.4 Å². The van der Waals surface area contributed by atoms with E-state index in [4.69, 9.17) is 4.74 Å². The van der Waals surface area contributed by atoms with Gasteiger partial charge in [0.05, 0.1) is 18.7 Å². The molecule has 1 atom stereocenters. The number of nitrogens with zero attached hydrogens (tertiary/aromatic N) is 1. The van der Waals surface area contributed by atoms with Crippen molar-refractivity contribution in [3.8, 4) is 5.75 Å². The van der Waals surface area contributed by atoms with Crippen molar-refractivity contribution in [1.29, 1.82) is 0 Å². The second-order valence-electron chi connectivity index (χ2n) is 9.31. The van der Waals surface area contributed by atoms with Crippen LogP contribution in [-0.4, -0.2) is 35.4 Å². The van der Waals surface area contributed by atoms with Crippen LogP contribution < -0.4 is 4.74 Å². The van der Waals surface area contributed by atoms with Gasteiger partial charge in [-0.2, -0.15) is 0 Å². The number of likely N-dealkylation sites (tertiary alicyclic amines) is 1. The first-order valence-corrected chi connectivity index (χ1v) is 13.1. The summed E-state index contributed by atoms with van der Waals surface area (Å²) < 4.78 is 5.19. The number of Topliss-reactive ketones (excluding diaryl/α,β-unsaturated/α-hetero) is 1. The van der Waals surface area contributed by atoms with Crippen LogP contribution in [0.1, 0.15) is 88.3 Å². The number of benzene rings is 2. The number of amides is 1. The molecule has 2 aromatic rings. The number of carbonyl (C=O) groups excluding carboxylic acids is 2. The van der Waals surface area contributed by atoms with Crippen molar-refractivity contribution in [3.63, 3.8) is 0 Å². The molecular formula is C30H39NO4. The molecule has 35 heavy (non-hydrogen) atoms. The number of methoxy groups -OCH3 is 1. The predicted octanol–water partition coefficient (Wildman–Crippen LogP) is 7.04. The molecule has 1 amide bonds. The molecule has 3 rings (SSSR count). The number of hydrogen-bond donors (Lipinski definition) is 1. The van der Waals surface area contributed by atoms with Crippen molar-refractivity contribution in [1.82, 2.24) is 4.90 Å². The van der Waals surface area contributed by atoms with Gasteiger partial charge in [-0.05, 0) is 36.2 Å². The minimum absolute atomic E-state index is 0.148. The average molecular weight is 478 g/mol. The molecule has 1 saturated heterocycles. The first-order valence-electron chi connectivity index (χ1n) is 13.1. The van der Waals surface area contributed by atoms with Crippen molar-refractivity contribution in [3.05, 3.63) is 71.3 Å². The van der Waals surface area contributed by atoms with Crippen LogP contribution in [-0.2, 0) is 9.59 Å². The summed E-state index contributed by atoms with van der Waals surface area (Å²) in [5.74, 6) is -0.655. The topological polar surface area (TPSA) is 66.8 Å². The maximum Gasteiger partial charge on any atom is 0.295 e. The summed E-state index contributed by atoms with van der Waals surface area (Å²) in [4.78, 5) is 27.8. The lowest BCUT2D eigenvalue weighted by Crippen LogP contribution is -2.30. The molecule has 0 bridgehead atoms. The molecular weight excluding hydrogens is 438 g/mol. The summed E-state index contributed by atoms with van der Waals surface area (Å²) in [5, 5.41) is 11.1. The third kappa shape index (κ3) is 6.97. The monoisotopic (exact) mass is 477 g/mol. The maximum absolute atomic E-state index is 13.1. The van der Waals surface area contributed by atoms with Crippen LogP contribution in [0, 0.1) is 0 Å². The first-order chi connectivity index (χ1) is 17.1. The number of aliphatic hydroxyl groups excluding tert-OH is 1. The highest BCUT2D eigenvalue weighted by molar-refractivity contribution is 6.46. The zero-order chi connectivity index (χ0) is 25.0. The summed E-state index contributed by atoms with van der Waals surface area (Å²) in [7, 11) is 1.57. The molecule has 1 aliphatic rings. The Morgan fingerprint density at radius 2 is 1.40 bits per heavy atom. The molecule has 1 aliphatic heterocycles. The SMILES string of the molecule is CCCCCCCCCCCCN1C(=O)C(=O)C(=C(O)c2ccc(OC)cc2)[C@@H]1c1ccccc1. The standard InChI is InChI=1S/C30H39NO4/c1-3-4-5-6-7-8-9-10-11-15-22-31-27(23-16-13-12-14-17-23)26(29(33)30(31)34)28(32)24-18-20-25(35-2)21-19-24/h12-14,16-21,27,32H,3-11,15,22H2,1-2H3/t27-/m0/s1. The lowest BCUT2D eigenvalue weighted by molar-refractivity contribution is -0.139. The predicted molar refractivity (Wildman–Crippen MR) is 140 cm³/mol. The van der Waals surface area contributed by atoms with E-state index in [-0.39, 0.29) is 11.3 Å². The molecule has 0 saturated carbocycles. The highest BCUT2D eigenvalue weighted by atomic mass is 16.5. The molecule has 5 nitrogen and oxygen atoms in total. The number of ketones is 1. The molecule has 0 spiro atoms. The first kappa shape index (κ1) is 26.5. The van der Waals surface area contributed by atoms with E-state index in [1.54, 1.807) is 36.3 Å². The molecule has 0 aromatic heterocycles. The van der Waals surface area contributed by atoms with Gasteiger partial charge < -0.3 is 14.7 Å². The van der Waals surface area contributed by atoms with Crippen LogP contribution in [0.4, 0.5) is 0 Å². The Balaban J connectivity index is 1.69. The minimum Gasteiger partial charge on any atom is -0.507 e.